The van der Waals surface area contributed by atoms with E-state index in [1.54, 1.807) is 0 Å². The van der Waals surface area contributed by atoms with Gasteiger partial charge in [-0.25, -0.2) is 8.78 Å². The molecule has 1 saturated carbocycles. The molecule has 0 spiro atoms. The van der Waals surface area contributed by atoms with Crippen molar-refractivity contribution >= 4 is 23.1 Å². The number of hydrogen-bond acceptors (Lipinski definition) is 5. The summed E-state index contributed by atoms with van der Waals surface area (Å²) in [6.07, 6.45) is 5.98. The summed E-state index contributed by atoms with van der Waals surface area (Å²) < 4.78 is 44.8. The minimum absolute atomic E-state index is 0.0456. The Balaban J connectivity index is 1.66. The highest BCUT2D eigenvalue weighted by Crippen LogP contribution is 2.57. The lowest BCUT2D eigenvalue weighted by Gasteiger charge is -2.38. The largest absolute Gasteiger partial charge is 0.480 e. The quantitative estimate of drug-likeness (QED) is 0.331. The molecule has 1 fully saturated rings. The first-order chi connectivity index (χ1) is 20.0. The molecule has 0 radical (unpaired) electrons. The predicted molar refractivity (Wildman–Crippen MR) is 160 cm³/mol. The lowest BCUT2D eigenvalue weighted by atomic mass is 9.73. The Morgan fingerprint density at radius 3 is 2.55 bits per heavy atom. The van der Waals surface area contributed by atoms with Gasteiger partial charge in [0.15, 0.2) is 11.3 Å². The van der Waals surface area contributed by atoms with E-state index in [1.165, 1.54) is 25.1 Å². The van der Waals surface area contributed by atoms with Gasteiger partial charge in [-0.2, -0.15) is 0 Å². The minimum Gasteiger partial charge on any atom is -0.480 e. The summed E-state index contributed by atoms with van der Waals surface area (Å²) in [6.45, 7) is 5.45. The fourth-order valence-corrected chi connectivity index (χ4v) is 7.05. The van der Waals surface area contributed by atoms with Crippen LogP contribution in [0.2, 0.25) is 5.02 Å². The molecule has 5 rings (SSSR count). The molecule has 1 amide bonds. The van der Waals surface area contributed by atoms with Crippen LogP contribution in [0.4, 0.5) is 8.78 Å². The van der Waals surface area contributed by atoms with Crippen molar-refractivity contribution in [2.75, 3.05) is 19.8 Å². The van der Waals surface area contributed by atoms with Crippen LogP contribution in [0.3, 0.4) is 0 Å². The summed E-state index contributed by atoms with van der Waals surface area (Å²) in [6, 6.07) is 11.3. The van der Waals surface area contributed by atoms with Crippen LogP contribution in [0.15, 0.2) is 54.1 Å². The van der Waals surface area contributed by atoms with Gasteiger partial charge in [-0.3, -0.25) is 4.79 Å². The van der Waals surface area contributed by atoms with Crippen LogP contribution in [-0.4, -0.2) is 48.6 Å². The molecule has 1 aliphatic heterocycles. The molecule has 1 heterocycles. The second kappa shape index (κ2) is 12.1. The number of carbonyl (C=O) groups excluding carboxylic acids is 1. The zero-order valence-electron chi connectivity index (χ0n) is 24.3. The number of alkyl halides is 1. The monoisotopic (exact) mass is 600 g/mol. The molecule has 0 saturated heterocycles. The fourth-order valence-electron chi connectivity index (χ4n) is 6.80. The summed E-state index contributed by atoms with van der Waals surface area (Å²) in [5, 5.41) is 12.7. The van der Waals surface area contributed by atoms with Crippen molar-refractivity contribution in [1.82, 2.24) is 5.32 Å². The number of ether oxygens (including phenoxy) is 2. The molecule has 0 aromatic heterocycles. The maximum absolute atomic E-state index is 16.9. The summed E-state index contributed by atoms with van der Waals surface area (Å²) in [4.78, 5) is 12.7. The number of fused-ring (bicyclic) bond motifs is 1. The number of benzene rings is 2. The second-order valence-electron chi connectivity index (χ2n) is 12.0. The molecule has 4 atom stereocenters. The lowest BCUT2D eigenvalue weighted by Crippen LogP contribution is -2.48. The molecule has 3 aliphatic rings. The Labute approximate surface area is 250 Å². The average molecular weight is 601 g/mol. The molecule has 226 valence electrons. The summed E-state index contributed by atoms with van der Waals surface area (Å²) in [5.74, 6) is -1.18. The van der Waals surface area contributed by atoms with Gasteiger partial charge in [-0.1, -0.05) is 67.9 Å². The van der Waals surface area contributed by atoms with Crippen LogP contribution in [-0.2, 0) is 15.1 Å². The standard InChI is InChI=1S/C33H39ClF2N2O4/c1-19-9-11-22(12-10-19)38-18-33(21-7-5-4-6-8-21)20(2)27-25(42-33)17-24(35)30(34)28(27)29-23(31(37)40)13-14-26(32(29,3)36)41-16-15-39/h4-8,13-14,17,19-20,22,26,38-39H,9-12,15-16,18H2,1-3H3,(H2,37,40)/t19-,20-,22+,26?,32?,33-/m0/s1. The first-order valence-electron chi connectivity index (χ1n) is 14.7. The van der Waals surface area contributed by atoms with Gasteiger partial charge in [0.1, 0.15) is 17.7 Å². The first-order valence-corrected chi connectivity index (χ1v) is 15.0. The number of primary amides is 1. The number of halogens is 3. The summed E-state index contributed by atoms with van der Waals surface area (Å²) in [7, 11) is 0. The van der Waals surface area contributed by atoms with Crippen LogP contribution in [0.1, 0.15) is 69.1 Å². The third-order valence-electron chi connectivity index (χ3n) is 9.21. The molecule has 2 unspecified atom stereocenters. The van der Waals surface area contributed by atoms with E-state index >= 15 is 8.78 Å². The zero-order valence-corrected chi connectivity index (χ0v) is 25.0. The van der Waals surface area contributed by atoms with Crippen molar-refractivity contribution in [2.45, 2.75) is 75.8 Å². The Bertz CT molecular complexity index is 1390. The van der Waals surface area contributed by atoms with Crippen LogP contribution in [0.25, 0.3) is 5.57 Å². The van der Waals surface area contributed by atoms with E-state index in [0.29, 0.717) is 24.1 Å². The third-order valence-corrected chi connectivity index (χ3v) is 9.58. The van der Waals surface area contributed by atoms with Crippen molar-refractivity contribution in [3.8, 4) is 5.75 Å². The van der Waals surface area contributed by atoms with Gasteiger partial charge in [0.2, 0.25) is 5.91 Å². The first kappa shape index (κ1) is 30.7. The Kier molecular flexibility index (Phi) is 8.82. The maximum atomic E-state index is 16.9. The van der Waals surface area contributed by atoms with Gasteiger partial charge in [-0.05, 0) is 44.1 Å². The maximum Gasteiger partial charge on any atom is 0.249 e. The Hall–Kier alpha value is -2.78. The third kappa shape index (κ3) is 5.39. The molecule has 2 aromatic rings. The number of aliphatic hydroxyl groups excluding tert-OH is 1. The van der Waals surface area contributed by atoms with E-state index in [1.807, 2.05) is 37.3 Å². The van der Waals surface area contributed by atoms with Crippen LogP contribution in [0, 0.1) is 11.7 Å². The molecule has 0 bridgehead atoms. The summed E-state index contributed by atoms with van der Waals surface area (Å²) >= 11 is 6.67. The van der Waals surface area contributed by atoms with Crippen molar-refractivity contribution < 1.29 is 28.2 Å². The van der Waals surface area contributed by atoms with E-state index in [2.05, 4.69) is 12.2 Å². The lowest BCUT2D eigenvalue weighted by molar-refractivity contribution is -0.114. The number of aliphatic hydroxyl groups is 1. The molecule has 9 heteroatoms. The number of nitrogens with one attached hydrogen (secondary N) is 1. The van der Waals surface area contributed by atoms with Crippen LogP contribution < -0.4 is 15.8 Å². The molecular weight excluding hydrogens is 562 g/mol. The SMILES string of the molecule is C[C@H]1c2c(cc(F)c(Cl)c2C2=C(C(N)=O)C=CC(OCCO)C2(C)F)O[C@]1(CN[C@H]1CC[C@@H](C)CC1)c1ccccc1. The highest BCUT2D eigenvalue weighted by Gasteiger charge is 2.52. The van der Waals surface area contributed by atoms with Gasteiger partial charge < -0.3 is 25.6 Å². The van der Waals surface area contributed by atoms with E-state index in [0.717, 1.165) is 31.2 Å². The number of rotatable bonds is 9. The summed E-state index contributed by atoms with van der Waals surface area (Å²) in [5.41, 5.74) is 3.58. The Morgan fingerprint density at radius 2 is 1.90 bits per heavy atom. The van der Waals surface area contributed by atoms with E-state index in [4.69, 9.17) is 26.8 Å². The zero-order chi connectivity index (χ0) is 30.2. The molecule has 2 aromatic carbocycles. The smallest absolute Gasteiger partial charge is 0.249 e. The Morgan fingerprint density at radius 1 is 1.21 bits per heavy atom. The normalized spacial score (nSPS) is 30.7. The van der Waals surface area contributed by atoms with Crippen LogP contribution >= 0.6 is 11.6 Å². The predicted octanol–water partition coefficient (Wildman–Crippen LogP) is 5.95. The molecule has 2 aliphatic carbocycles. The highest BCUT2D eigenvalue weighted by molar-refractivity contribution is 6.33. The number of nitrogens with two attached hydrogens (primary N) is 1. The van der Waals surface area contributed by atoms with Gasteiger partial charge >= 0.3 is 0 Å². The van der Waals surface area contributed by atoms with Gasteiger partial charge in [0.25, 0.3) is 0 Å². The van der Waals surface area contributed by atoms with E-state index in [-0.39, 0.29) is 40.7 Å². The molecule has 6 nitrogen and oxygen atoms in total. The molecule has 42 heavy (non-hydrogen) atoms. The average Bonchev–Trinajstić information content (AvgIpc) is 3.24. The second-order valence-corrected chi connectivity index (χ2v) is 12.4. The minimum atomic E-state index is -2.34. The van der Waals surface area contributed by atoms with E-state index < -0.39 is 35.0 Å². The number of hydrogen-bond donors (Lipinski definition) is 3. The molecular formula is C33H39ClF2N2O4. The van der Waals surface area contributed by atoms with Crippen LogP contribution in [0.5, 0.6) is 5.75 Å². The highest BCUT2D eigenvalue weighted by atomic mass is 35.5. The number of amides is 1. The van der Waals surface area contributed by atoms with Crippen molar-refractivity contribution in [2.24, 2.45) is 11.7 Å². The van der Waals surface area contributed by atoms with Crippen molar-refractivity contribution in [1.29, 1.82) is 0 Å². The fraction of sp³-hybridized carbons (Fsp3) is 0.485. The van der Waals surface area contributed by atoms with Gasteiger partial charge in [-0.15, -0.1) is 0 Å². The van der Waals surface area contributed by atoms with E-state index in [9.17, 15) is 9.90 Å². The number of carbonyl (C=O) groups is 1. The van der Waals surface area contributed by atoms with Crippen molar-refractivity contribution in [3.63, 3.8) is 0 Å². The van der Waals surface area contributed by atoms with Gasteiger partial charge in [0, 0.05) is 46.8 Å². The van der Waals surface area contributed by atoms with Crippen molar-refractivity contribution in [3.05, 3.63) is 81.7 Å². The molecule has 4 N–H and O–H groups in total. The van der Waals surface area contributed by atoms with Gasteiger partial charge in [0.05, 0.1) is 18.2 Å². The topological polar surface area (TPSA) is 93.8 Å².